The number of benzene rings is 2. The Morgan fingerprint density at radius 2 is 1.89 bits per heavy atom. The van der Waals surface area contributed by atoms with Crippen LogP contribution in [0.15, 0.2) is 36.4 Å². The van der Waals surface area contributed by atoms with Crippen LogP contribution in [0.5, 0.6) is 0 Å². The van der Waals surface area contributed by atoms with Gasteiger partial charge in [-0.25, -0.2) is 4.39 Å². The summed E-state index contributed by atoms with van der Waals surface area (Å²) in [5.74, 6) is -0.366. The van der Waals surface area contributed by atoms with E-state index in [-0.39, 0.29) is 12.2 Å². The van der Waals surface area contributed by atoms with E-state index in [1.54, 1.807) is 12.1 Å². The molecule has 4 heteroatoms. The molecule has 0 saturated heterocycles. The van der Waals surface area contributed by atoms with Crippen LogP contribution < -0.4 is 0 Å². The van der Waals surface area contributed by atoms with Crippen LogP contribution in [0.25, 0.3) is 0 Å². The van der Waals surface area contributed by atoms with Gasteiger partial charge in [0.15, 0.2) is 0 Å². The van der Waals surface area contributed by atoms with Crippen molar-refractivity contribution in [1.82, 2.24) is 0 Å². The van der Waals surface area contributed by atoms with Crippen LogP contribution in [-0.2, 0) is 6.42 Å². The SMILES string of the molecule is Cc1ccc(Cl)cc1C(O)Cc1cc(F)ccc1Cl. The maximum atomic E-state index is 13.2. The molecule has 2 rings (SSSR count). The van der Waals surface area contributed by atoms with E-state index >= 15 is 0 Å². The Hall–Kier alpha value is -1.09. The van der Waals surface area contributed by atoms with Crippen LogP contribution in [0.1, 0.15) is 22.8 Å². The highest BCUT2D eigenvalue weighted by molar-refractivity contribution is 6.31. The summed E-state index contributed by atoms with van der Waals surface area (Å²) in [5.41, 5.74) is 2.24. The van der Waals surface area contributed by atoms with Gasteiger partial charge in [0.2, 0.25) is 0 Å². The Morgan fingerprint density at radius 3 is 2.63 bits per heavy atom. The highest BCUT2D eigenvalue weighted by Gasteiger charge is 2.14. The standard InChI is InChI=1S/C15H13Cl2FO/c1-9-2-3-11(16)8-13(9)15(19)7-10-6-12(18)4-5-14(10)17/h2-6,8,15,19H,7H2,1H3. The van der Waals surface area contributed by atoms with Gasteiger partial charge >= 0.3 is 0 Å². The number of rotatable bonds is 3. The number of hydrogen-bond acceptors (Lipinski definition) is 1. The van der Waals surface area contributed by atoms with E-state index in [9.17, 15) is 9.50 Å². The van der Waals surface area contributed by atoms with E-state index < -0.39 is 6.10 Å². The van der Waals surface area contributed by atoms with Crippen LogP contribution in [0.2, 0.25) is 10.0 Å². The Morgan fingerprint density at radius 1 is 1.16 bits per heavy atom. The van der Waals surface area contributed by atoms with Crippen LogP contribution in [0, 0.1) is 12.7 Å². The van der Waals surface area contributed by atoms with Crippen molar-refractivity contribution in [2.75, 3.05) is 0 Å². The normalized spacial score (nSPS) is 12.5. The molecule has 1 unspecified atom stereocenters. The summed E-state index contributed by atoms with van der Waals surface area (Å²) in [6.45, 7) is 1.89. The maximum absolute atomic E-state index is 13.2. The van der Waals surface area contributed by atoms with Crippen LogP contribution in [0.4, 0.5) is 4.39 Å². The van der Waals surface area contributed by atoms with Crippen molar-refractivity contribution in [3.63, 3.8) is 0 Å². The van der Waals surface area contributed by atoms with Gasteiger partial charge in [-0.2, -0.15) is 0 Å². The molecular formula is C15H13Cl2FO. The van der Waals surface area contributed by atoms with Crippen molar-refractivity contribution in [3.8, 4) is 0 Å². The smallest absolute Gasteiger partial charge is 0.123 e. The lowest BCUT2D eigenvalue weighted by molar-refractivity contribution is 0.177. The lowest BCUT2D eigenvalue weighted by Crippen LogP contribution is -2.04. The van der Waals surface area contributed by atoms with Crippen LogP contribution in [0.3, 0.4) is 0 Å². The molecule has 0 radical (unpaired) electrons. The van der Waals surface area contributed by atoms with Gasteiger partial charge in [0.25, 0.3) is 0 Å². The second-order valence-corrected chi connectivity index (χ2v) is 5.30. The van der Waals surface area contributed by atoms with Crippen molar-refractivity contribution < 1.29 is 9.50 Å². The zero-order chi connectivity index (χ0) is 14.0. The van der Waals surface area contributed by atoms with E-state index in [4.69, 9.17) is 23.2 Å². The third kappa shape index (κ3) is 3.47. The molecule has 1 atom stereocenters. The number of halogens is 3. The molecule has 2 aromatic rings. The average Bonchev–Trinajstić information content (AvgIpc) is 2.36. The van der Waals surface area contributed by atoms with E-state index in [0.717, 1.165) is 11.1 Å². The molecule has 0 spiro atoms. The van der Waals surface area contributed by atoms with Gasteiger partial charge in [0, 0.05) is 16.5 Å². The van der Waals surface area contributed by atoms with Crippen LogP contribution in [-0.4, -0.2) is 5.11 Å². The molecule has 0 aromatic heterocycles. The monoisotopic (exact) mass is 298 g/mol. The minimum Gasteiger partial charge on any atom is -0.388 e. The molecule has 19 heavy (non-hydrogen) atoms. The fourth-order valence-corrected chi connectivity index (χ4v) is 2.36. The van der Waals surface area contributed by atoms with E-state index in [1.165, 1.54) is 18.2 Å². The third-order valence-corrected chi connectivity index (χ3v) is 3.63. The van der Waals surface area contributed by atoms with Gasteiger partial charge in [0.05, 0.1) is 6.10 Å². The first-order valence-corrected chi connectivity index (χ1v) is 6.61. The molecule has 1 nitrogen and oxygen atoms in total. The summed E-state index contributed by atoms with van der Waals surface area (Å²) in [6, 6.07) is 9.45. The first-order valence-electron chi connectivity index (χ1n) is 5.85. The Labute approximate surface area is 121 Å². The molecule has 100 valence electrons. The minimum atomic E-state index is -0.766. The van der Waals surface area contributed by atoms with E-state index in [2.05, 4.69) is 0 Å². The minimum absolute atomic E-state index is 0.248. The second kappa shape index (κ2) is 5.91. The second-order valence-electron chi connectivity index (χ2n) is 4.46. The molecule has 0 saturated carbocycles. The molecule has 0 bridgehead atoms. The summed E-state index contributed by atoms with van der Waals surface area (Å²) < 4.78 is 13.2. The highest BCUT2D eigenvalue weighted by Crippen LogP contribution is 2.27. The van der Waals surface area contributed by atoms with Crippen molar-refractivity contribution in [2.24, 2.45) is 0 Å². The molecule has 0 aliphatic heterocycles. The zero-order valence-electron chi connectivity index (χ0n) is 10.3. The topological polar surface area (TPSA) is 20.2 Å². The van der Waals surface area contributed by atoms with Gasteiger partial charge in [-0.3, -0.25) is 0 Å². The predicted octanol–water partition coefficient (Wildman–Crippen LogP) is 4.72. The van der Waals surface area contributed by atoms with Crippen molar-refractivity contribution in [1.29, 1.82) is 0 Å². The zero-order valence-corrected chi connectivity index (χ0v) is 11.8. The third-order valence-electron chi connectivity index (χ3n) is 3.02. The largest absolute Gasteiger partial charge is 0.388 e. The molecule has 2 aromatic carbocycles. The van der Waals surface area contributed by atoms with E-state index in [1.807, 2.05) is 13.0 Å². The Balaban J connectivity index is 2.27. The fourth-order valence-electron chi connectivity index (χ4n) is 1.99. The lowest BCUT2D eigenvalue weighted by Gasteiger charge is -2.15. The first-order chi connectivity index (χ1) is 8.97. The Kier molecular flexibility index (Phi) is 4.46. The van der Waals surface area contributed by atoms with E-state index in [0.29, 0.717) is 15.6 Å². The summed E-state index contributed by atoms with van der Waals surface area (Å²) in [5, 5.41) is 11.3. The number of aliphatic hydroxyl groups excluding tert-OH is 1. The molecular weight excluding hydrogens is 286 g/mol. The summed E-state index contributed by atoms with van der Waals surface area (Å²) >= 11 is 11.9. The number of aliphatic hydroxyl groups is 1. The predicted molar refractivity (Wildman–Crippen MR) is 76.3 cm³/mol. The highest BCUT2D eigenvalue weighted by atomic mass is 35.5. The molecule has 1 N–H and O–H groups in total. The fraction of sp³-hybridized carbons (Fsp3) is 0.200. The molecule has 0 aliphatic rings. The van der Waals surface area contributed by atoms with Gasteiger partial charge in [-0.1, -0.05) is 29.3 Å². The number of aryl methyl sites for hydroxylation is 1. The van der Waals surface area contributed by atoms with Gasteiger partial charge in [-0.05, 0) is 53.9 Å². The van der Waals surface area contributed by atoms with Crippen molar-refractivity contribution >= 4 is 23.2 Å². The molecule has 0 amide bonds. The van der Waals surface area contributed by atoms with Crippen LogP contribution >= 0.6 is 23.2 Å². The average molecular weight is 299 g/mol. The lowest BCUT2D eigenvalue weighted by atomic mass is 9.98. The summed E-state index contributed by atoms with van der Waals surface area (Å²) in [6.07, 6.45) is -0.518. The van der Waals surface area contributed by atoms with Gasteiger partial charge in [-0.15, -0.1) is 0 Å². The molecule has 0 fully saturated rings. The van der Waals surface area contributed by atoms with Gasteiger partial charge < -0.3 is 5.11 Å². The quantitative estimate of drug-likeness (QED) is 0.869. The maximum Gasteiger partial charge on any atom is 0.123 e. The molecule has 0 aliphatic carbocycles. The molecule has 0 heterocycles. The number of hydrogen-bond donors (Lipinski definition) is 1. The van der Waals surface area contributed by atoms with Crippen molar-refractivity contribution in [2.45, 2.75) is 19.4 Å². The van der Waals surface area contributed by atoms with Gasteiger partial charge in [0.1, 0.15) is 5.82 Å². The Bertz CT molecular complexity index is 599. The summed E-state index contributed by atoms with van der Waals surface area (Å²) in [7, 11) is 0. The van der Waals surface area contributed by atoms with Crippen molar-refractivity contribution in [3.05, 3.63) is 69.0 Å². The summed E-state index contributed by atoms with van der Waals surface area (Å²) in [4.78, 5) is 0. The first kappa shape index (κ1) is 14.3.